The highest BCUT2D eigenvalue weighted by Gasteiger charge is 2.27. The van der Waals surface area contributed by atoms with Crippen LogP contribution in [0.25, 0.3) is 22.0 Å². The van der Waals surface area contributed by atoms with Crippen LogP contribution in [0.5, 0.6) is 0 Å². The molecule has 0 unspecified atom stereocenters. The Bertz CT molecular complexity index is 1880. The first kappa shape index (κ1) is 25.7. The minimum atomic E-state index is -3.89. The fourth-order valence-corrected chi connectivity index (χ4v) is 7.97. The second-order valence-corrected chi connectivity index (χ2v) is 14.9. The van der Waals surface area contributed by atoms with Crippen LogP contribution in [0.3, 0.4) is 0 Å². The van der Waals surface area contributed by atoms with Crippen LogP contribution in [0.2, 0.25) is 0 Å². The zero-order valence-electron chi connectivity index (χ0n) is 21.2. The average Bonchev–Trinajstić information content (AvgIpc) is 3.63. The molecule has 39 heavy (non-hydrogen) atoms. The van der Waals surface area contributed by atoms with E-state index in [1.54, 1.807) is 35.8 Å². The van der Waals surface area contributed by atoms with Crippen molar-refractivity contribution in [3.05, 3.63) is 108 Å². The van der Waals surface area contributed by atoms with E-state index < -0.39 is 19.9 Å². The lowest BCUT2D eigenvalue weighted by molar-refractivity contribution is 0.592. The van der Waals surface area contributed by atoms with E-state index in [2.05, 4.69) is 23.2 Å². The van der Waals surface area contributed by atoms with Crippen LogP contribution >= 0.6 is 11.3 Å². The summed E-state index contributed by atoms with van der Waals surface area (Å²) >= 11 is 1.15. The summed E-state index contributed by atoms with van der Waals surface area (Å²) in [7, 11) is -7.30. The van der Waals surface area contributed by atoms with Crippen LogP contribution in [0.15, 0.2) is 106 Å². The number of nitrogens with zero attached hydrogens (tertiary/aromatic N) is 2. The molecule has 0 radical (unpaired) electrons. The van der Waals surface area contributed by atoms with Crippen LogP contribution in [-0.4, -0.2) is 28.1 Å². The first-order valence-electron chi connectivity index (χ1n) is 12.5. The van der Waals surface area contributed by atoms with Crippen molar-refractivity contribution < 1.29 is 16.8 Å². The van der Waals surface area contributed by atoms with Crippen molar-refractivity contribution in [2.45, 2.75) is 34.4 Å². The van der Waals surface area contributed by atoms with Gasteiger partial charge in [-0.2, -0.15) is 0 Å². The molecule has 0 N–H and O–H groups in total. The Balaban J connectivity index is 1.43. The fourth-order valence-electron chi connectivity index (χ4n) is 4.78. The molecule has 0 amide bonds. The first-order chi connectivity index (χ1) is 18.7. The molecular formula is C30H26N2O4S3. The molecule has 5 aromatic rings. The molecule has 1 aliphatic carbocycles. The molecular weight excluding hydrogens is 549 g/mol. The Hall–Kier alpha value is -3.53. The molecule has 3 aromatic carbocycles. The van der Waals surface area contributed by atoms with Gasteiger partial charge in [0.15, 0.2) is 9.84 Å². The van der Waals surface area contributed by atoms with Crippen LogP contribution in [0.1, 0.15) is 29.9 Å². The maximum Gasteiger partial charge on any atom is 0.274 e. The predicted octanol–water partition coefficient (Wildman–Crippen LogP) is 6.64. The van der Waals surface area contributed by atoms with Gasteiger partial charge in [-0.15, -0.1) is 11.3 Å². The number of sulfone groups is 1. The molecule has 0 bridgehead atoms. The number of pyridine rings is 1. The zero-order valence-corrected chi connectivity index (χ0v) is 23.6. The van der Waals surface area contributed by atoms with Gasteiger partial charge in [0.25, 0.3) is 10.0 Å². The van der Waals surface area contributed by atoms with Crippen molar-refractivity contribution >= 4 is 47.8 Å². The Labute approximate surface area is 232 Å². The van der Waals surface area contributed by atoms with Gasteiger partial charge in [0.2, 0.25) is 0 Å². The Morgan fingerprint density at radius 2 is 1.69 bits per heavy atom. The minimum absolute atomic E-state index is 0.0833. The predicted molar refractivity (Wildman–Crippen MR) is 156 cm³/mol. The summed E-state index contributed by atoms with van der Waals surface area (Å²) in [5.74, 6) is 0.581. The number of aromatic nitrogens is 1. The number of fused-ring (bicyclic) bond motifs is 1. The van der Waals surface area contributed by atoms with Gasteiger partial charge in [-0.25, -0.2) is 16.8 Å². The summed E-state index contributed by atoms with van der Waals surface area (Å²) in [5, 5.41) is 2.82. The molecule has 6 nitrogen and oxygen atoms in total. The second kappa shape index (κ2) is 9.89. The molecule has 0 atom stereocenters. The van der Waals surface area contributed by atoms with Crippen molar-refractivity contribution in [2.75, 3.05) is 10.6 Å². The number of rotatable bonds is 8. The fraction of sp³-hybridized carbons (Fsp3) is 0.167. The van der Waals surface area contributed by atoms with Gasteiger partial charge in [0.05, 0.1) is 22.6 Å². The van der Waals surface area contributed by atoms with Crippen molar-refractivity contribution in [3.63, 3.8) is 0 Å². The van der Waals surface area contributed by atoms with Crippen molar-refractivity contribution in [1.29, 1.82) is 0 Å². The maximum absolute atomic E-state index is 13.7. The normalized spacial score (nSPS) is 14.0. The number of sulfonamides is 1. The summed E-state index contributed by atoms with van der Waals surface area (Å²) in [6, 6.07) is 25.6. The van der Waals surface area contributed by atoms with Crippen LogP contribution in [0, 0.1) is 0 Å². The van der Waals surface area contributed by atoms with E-state index in [1.807, 2.05) is 30.3 Å². The van der Waals surface area contributed by atoms with Crippen LogP contribution in [0.4, 0.5) is 5.69 Å². The van der Waals surface area contributed by atoms with Gasteiger partial charge in [0.1, 0.15) is 4.21 Å². The van der Waals surface area contributed by atoms with E-state index >= 15 is 0 Å². The van der Waals surface area contributed by atoms with E-state index in [1.165, 1.54) is 34.8 Å². The lowest BCUT2D eigenvalue weighted by Crippen LogP contribution is -2.30. The van der Waals surface area contributed by atoms with Crippen LogP contribution < -0.4 is 4.31 Å². The zero-order chi connectivity index (χ0) is 27.2. The lowest BCUT2D eigenvalue weighted by Gasteiger charge is -2.24. The molecule has 198 valence electrons. The number of thiophene rings is 1. The Kier molecular flexibility index (Phi) is 6.53. The quantitative estimate of drug-likeness (QED) is 0.207. The summed E-state index contributed by atoms with van der Waals surface area (Å²) in [5.41, 5.74) is 5.42. The molecule has 2 heterocycles. The number of anilines is 1. The summed E-state index contributed by atoms with van der Waals surface area (Å²) in [4.78, 5) is 4.80. The van der Waals surface area contributed by atoms with Gasteiger partial charge in [0, 0.05) is 23.4 Å². The number of hydrogen-bond acceptors (Lipinski definition) is 6. The second-order valence-electron chi connectivity index (χ2n) is 9.83. The smallest absolute Gasteiger partial charge is 0.261 e. The van der Waals surface area contributed by atoms with E-state index in [0.717, 1.165) is 45.2 Å². The molecule has 1 aliphatic rings. The molecule has 0 spiro atoms. The van der Waals surface area contributed by atoms with E-state index in [-0.39, 0.29) is 15.6 Å². The van der Waals surface area contributed by atoms with Gasteiger partial charge in [-0.3, -0.25) is 9.29 Å². The highest BCUT2D eigenvalue weighted by Crippen LogP contribution is 2.43. The molecule has 0 saturated heterocycles. The van der Waals surface area contributed by atoms with E-state index in [4.69, 9.17) is 0 Å². The summed E-state index contributed by atoms with van der Waals surface area (Å²) in [6.45, 7) is 0.0833. The van der Waals surface area contributed by atoms with Crippen LogP contribution in [-0.2, 0) is 26.4 Å². The SMILES string of the molecule is CS(=O)(=O)c1ccc(N(Cc2cccc(-c3cc(C4CC4)cc4cccnc34)c2)S(=O)(=O)c2cccs2)cc1. The number of benzene rings is 3. The Morgan fingerprint density at radius 1 is 0.897 bits per heavy atom. The summed E-state index contributed by atoms with van der Waals surface area (Å²) in [6.07, 6.45) is 5.31. The third-order valence-electron chi connectivity index (χ3n) is 6.93. The minimum Gasteiger partial charge on any atom is -0.261 e. The molecule has 1 fully saturated rings. The third kappa shape index (κ3) is 5.22. The lowest BCUT2D eigenvalue weighted by atomic mass is 9.96. The molecule has 6 rings (SSSR count). The topological polar surface area (TPSA) is 84.4 Å². The standard InChI is InChI=1S/C30H26N2O4S3/c1-38(33,34)27-13-11-26(12-14-27)32(39(35,36)29-8-4-16-37-29)20-21-5-2-6-23(17-21)28-19-25(22-9-10-22)18-24-7-3-15-31-30(24)28/h2-8,11-19,22H,9-10,20H2,1H3. The first-order valence-corrected chi connectivity index (χ1v) is 16.8. The van der Waals surface area contributed by atoms with Gasteiger partial charge in [-0.1, -0.05) is 30.3 Å². The third-order valence-corrected chi connectivity index (χ3v) is 11.2. The van der Waals surface area contributed by atoms with Gasteiger partial charge >= 0.3 is 0 Å². The molecule has 0 aliphatic heterocycles. The van der Waals surface area contributed by atoms with Crippen molar-refractivity contribution in [2.24, 2.45) is 0 Å². The highest BCUT2D eigenvalue weighted by molar-refractivity contribution is 7.94. The van der Waals surface area contributed by atoms with Gasteiger partial charge in [-0.05, 0) is 95.4 Å². The summed E-state index contributed by atoms with van der Waals surface area (Å²) < 4.78 is 53.0. The van der Waals surface area contributed by atoms with Gasteiger partial charge < -0.3 is 0 Å². The monoisotopic (exact) mass is 574 g/mol. The van der Waals surface area contributed by atoms with E-state index in [0.29, 0.717) is 11.6 Å². The molecule has 9 heteroatoms. The molecule has 2 aromatic heterocycles. The largest absolute Gasteiger partial charge is 0.274 e. The van der Waals surface area contributed by atoms with E-state index in [9.17, 15) is 16.8 Å². The Morgan fingerprint density at radius 3 is 2.38 bits per heavy atom. The van der Waals surface area contributed by atoms with Crippen molar-refractivity contribution in [3.8, 4) is 11.1 Å². The maximum atomic E-state index is 13.7. The highest BCUT2D eigenvalue weighted by atomic mass is 32.2. The number of hydrogen-bond donors (Lipinski definition) is 0. The van der Waals surface area contributed by atoms with Crippen molar-refractivity contribution in [1.82, 2.24) is 4.98 Å². The average molecular weight is 575 g/mol. The molecule has 1 saturated carbocycles.